The molecular formula is C19H14N6O2S. The van der Waals surface area contributed by atoms with Gasteiger partial charge in [-0.05, 0) is 36.0 Å². The number of hydrogen-bond acceptors (Lipinski definition) is 5. The molecule has 0 radical (unpaired) electrons. The third-order valence-corrected chi connectivity index (χ3v) is 4.28. The Morgan fingerprint density at radius 3 is 2.54 bits per heavy atom. The smallest absolute Gasteiger partial charge is 0.335 e. The Kier molecular flexibility index (Phi) is 4.65. The molecule has 0 aliphatic rings. The van der Waals surface area contributed by atoms with E-state index in [9.17, 15) is 4.79 Å². The molecule has 4 aromatic rings. The van der Waals surface area contributed by atoms with Crippen LogP contribution in [0.2, 0.25) is 0 Å². The van der Waals surface area contributed by atoms with Gasteiger partial charge in [-0.1, -0.05) is 42.5 Å². The number of carbonyl (C=O) groups is 1. The zero-order valence-electron chi connectivity index (χ0n) is 14.4. The van der Waals surface area contributed by atoms with Crippen LogP contribution < -0.4 is 0 Å². The summed E-state index contributed by atoms with van der Waals surface area (Å²) in [5.41, 5.74) is 3.36. The SMILES string of the molecule is O=C(O)c1ccc(/C=N/n2c(-c3cc(-c4ccccc4)n[nH]3)n[nH]c2=S)cc1. The summed E-state index contributed by atoms with van der Waals surface area (Å²) in [6, 6.07) is 18.0. The van der Waals surface area contributed by atoms with E-state index in [1.807, 2.05) is 36.4 Å². The molecule has 28 heavy (non-hydrogen) atoms. The number of hydrogen-bond donors (Lipinski definition) is 3. The van der Waals surface area contributed by atoms with Crippen molar-refractivity contribution in [1.29, 1.82) is 0 Å². The fourth-order valence-corrected chi connectivity index (χ4v) is 2.78. The van der Waals surface area contributed by atoms with Gasteiger partial charge >= 0.3 is 5.97 Å². The van der Waals surface area contributed by atoms with Gasteiger partial charge in [0.1, 0.15) is 5.69 Å². The second-order valence-electron chi connectivity index (χ2n) is 5.87. The molecule has 0 unspecified atom stereocenters. The number of benzene rings is 2. The standard InChI is InChI=1S/C19H14N6O2S/c26-18(27)14-8-6-12(7-9-14)11-20-25-17(23-24-19(25)28)16-10-15(21-22-16)13-4-2-1-3-5-13/h1-11H,(H,21,22)(H,24,28)(H,26,27)/b20-11+. The first kappa shape index (κ1) is 17.6. The van der Waals surface area contributed by atoms with E-state index in [0.29, 0.717) is 16.3 Å². The lowest BCUT2D eigenvalue weighted by molar-refractivity contribution is 0.0697. The molecule has 2 aromatic carbocycles. The lowest BCUT2D eigenvalue weighted by atomic mass is 10.1. The topological polar surface area (TPSA) is 112 Å². The van der Waals surface area contributed by atoms with Crippen molar-refractivity contribution >= 4 is 24.4 Å². The van der Waals surface area contributed by atoms with Gasteiger partial charge < -0.3 is 5.11 Å². The molecule has 138 valence electrons. The average Bonchev–Trinajstić information content (AvgIpc) is 3.34. The van der Waals surface area contributed by atoms with Crippen LogP contribution in [0.4, 0.5) is 0 Å². The molecule has 0 spiro atoms. The van der Waals surface area contributed by atoms with Gasteiger partial charge in [0, 0.05) is 5.56 Å². The van der Waals surface area contributed by atoms with Crippen LogP contribution >= 0.6 is 12.2 Å². The first-order valence-electron chi connectivity index (χ1n) is 8.28. The summed E-state index contributed by atoms with van der Waals surface area (Å²) in [5, 5.41) is 27.6. The average molecular weight is 390 g/mol. The van der Waals surface area contributed by atoms with Crippen molar-refractivity contribution in [3.63, 3.8) is 0 Å². The third kappa shape index (κ3) is 3.51. The lowest BCUT2D eigenvalue weighted by Gasteiger charge is -1.98. The van der Waals surface area contributed by atoms with Crippen LogP contribution in [0, 0.1) is 4.77 Å². The molecule has 0 fully saturated rings. The Labute approximate surface area is 164 Å². The zero-order valence-corrected chi connectivity index (χ0v) is 15.2. The first-order chi connectivity index (χ1) is 13.6. The molecule has 0 saturated heterocycles. The maximum absolute atomic E-state index is 10.9. The number of nitrogens with one attached hydrogen (secondary N) is 2. The molecule has 0 aliphatic carbocycles. The third-order valence-electron chi connectivity index (χ3n) is 4.02. The summed E-state index contributed by atoms with van der Waals surface area (Å²) in [5.74, 6) is -0.491. The lowest BCUT2D eigenvalue weighted by Crippen LogP contribution is -1.97. The van der Waals surface area contributed by atoms with Gasteiger partial charge in [0.15, 0.2) is 0 Å². The minimum Gasteiger partial charge on any atom is -0.478 e. The summed E-state index contributed by atoms with van der Waals surface area (Å²) in [4.78, 5) is 10.9. The van der Waals surface area contributed by atoms with Crippen molar-refractivity contribution < 1.29 is 9.90 Å². The zero-order chi connectivity index (χ0) is 19.5. The predicted molar refractivity (Wildman–Crippen MR) is 107 cm³/mol. The Hall–Kier alpha value is -3.85. The summed E-state index contributed by atoms with van der Waals surface area (Å²) in [6.07, 6.45) is 1.58. The number of carboxylic acid groups (broad SMARTS) is 1. The summed E-state index contributed by atoms with van der Waals surface area (Å²) >= 11 is 5.26. The van der Waals surface area contributed by atoms with Gasteiger partial charge in [-0.25, -0.2) is 9.89 Å². The molecule has 4 rings (SSSR count). The summed E-state index contributed by atoms with van der Waals surface area (Å²) in [7, 11) is 0. The van der Waals surface area contributed by atoms with Gasteiger partial charge in [0.25, 0.3) is 0 Å². The van der Waals surface area contributed by atoms with Gasteiger partial charge in [0.05, 0.1) is 17.5 Å². The number of H-pyrrole nitrogens is 2. The summed E-state index contributed by atoms with van der Waals surface area (Å²) in [6.45, 7) is 0. The van der Waals surface area contributed by atoms with Crippen molar-refractivity contribution in [3.05, 3.63) is 76.6 Å². The molecule has 9 heteroatoms. The first-order valence-corrected chi connectivity index (χ1v) is 8.69. The Balaban J connectivity index is 1.64. The molecule has 2 heterocycles. The second kappa shape index (κ2) is 7.41. The van der Waals surface area contributed by atoms with Crippen molar-refractivity contribution in [2.75, 3.05) is 0 Å². The Morgan fingerprint density at radius 2 is 1.82 bits per heavy atom. The predicted octanol–water partition coefficient (Wildman–Crippen LogP) is 3.58. The molecule has 3 N–H and O–H groups in total. The van der Waals surface area contributed by atoms with E-state index in [-0.39, 0.29) is 5.56 Å². The Morgan fingerprint density at radius 1 is 1.07 bits per heavy atom. The van der Waals surface area contributed by atoms with Crippen molar-refractivity contribution in [1.82, 2.24) is 25.1 Å². The minimum atomic E-state index is -0.976. The van der Waals surface area contributed by atoms with E-state index >= 15 is 0 Å². The minimum absolute atomic E-state index is 0.212. The van der Waals surface area contributed by atoms with Crippen LogP contribution in [0.1, 0.15) is 15.9 Å². The highest BCUT2D eigenvalue weighted by Gasteiger charge is 2.12. The van der Waals surface area contributed by atoms with Crippen LogP contribution in [0.25, 0.3) is 22.8 Å². The van der Waals surface area contributed by atoms with Crippen molar-refractivity contribution in [2.45, 2.75) is 0 Å². The molecule has 0 aliphatic heterocycles. The van der Waals surface area contributed by atoms with Gasteiger partial charge in [0.2, 0.25) is 10.6 Å². The number of aromatic amines is 2. The highest BCUT2D eigenvalue weighted by molar-refractivity contribution is 7.71. The summed E-state index contributed by atoms with van der Waals surface area (Å²) < 4.78 is 1.80. The van der Waals surface area contributed by atoms with E-state index in [0.717, 1.165) is 16.8 Å². The number of rotatable bonds is 5. The largest absolute Gasteiger partial charge is 0.478 e. The Bertz CT molecular complexity index is 1210. The van der Waals surface area contributed by atoms with Crippen molar-refractivity contribution in [2.24, 2.45) is 5.10 Å². The number of carboxylic acids is 1. The van der Waals surface area contributed by atoms with Crippen LogP contribution in [0.15, 0.2) is 65.8 Å². The van der Waals surface area contributed by atoms with Gasteiger partial charge in [-0.3, -0.25) is 5.10 Å². The van der Waals surface area contributed by atoms with E-state index < -0.39 is 5.97 Å². The molecule has 0 amide bonds. The maximum atomic E-state index is 10.9. The highest BCUT2D eigenvalue weighted by Crippen LogP contribution is 2.22. The number of aromatic nitrogens is 5. The second-order valence-corrected chi connectivity index (χ2v) is 6.26. The van der Waals surface area contributed by atoms with E-state index in [4.69, 9.17) is 17.3 Å². The van der Waals surface area contributed by atoms with Crippen LogP contribution in [0.3, 0.4) is 0 Å². The van der Waals surface area contributed by atoms with Crippen LogP contribution in [-0.2, 0) is 0 Å². The van der Waals surface area contributed by atoms with Crippen molar-refractivity contribution in [3.8, 4) is 22.8 Å². The molecule has 0 atom stereocenters. The van der Waals surface area contributed by atoms with Crippen LogP contribution in [0.5, 0.6) is 0 Å². The maximum Gasteiger partial charge on any atom is 0.335 e. The number of nitrogens with zero attached hydrogens (tertiary/aromatic N) is 4. The number of aromatic carboxylic acids is 1. The highest BCUT2D eigenvalue weighted by atomic mass is 32.1. The molecular weight excluding hydrogens is 376 g/mol. The molecule has 2 aromatic heterocycles. The van der Waals surface area contributed by atoms with E-state index in [1.54, 1.807) is 18.3 Å². The van der Waals surface area contributed by atoms with Crippen LogP contribution in [-0.4, -0.2) is 42.4 Å². The van der Waals surface area contributed by atoms with Gasteiger partial charge in [-0.15, -0.1) is 0 Å². The fourth-order valence-electron chi connectivity index (χ4n) is 2.60. The quantitative estimate of drug-likeness (QED) is 0.356. The van der Waals surface area contributed by atoms with E-state index in [2.05, 4.69) is 25.5 Å². The monoisotopic (exact) mass is 390 g/mol. The molecule has 0 bridgehead atoms. The normalized spacial score (nSPS) is 11.1. The molecule has 8 nitrogen and oxygen atoms in total. The fraction of sp³-hybridized carbons (Fsp3) is 0. The van der Waals surface area contributed by atoms with E-state index in [1.165, 1.54) is 16.8 Å². The van der Waals surface area contributed by atoms with Gasteiger partial charge in [-0.2, -0.15) is 20.0 Å². The molecule has 0 saturated carbocycles.